The molecule has 0 bridgehead atoms. The van der Waals surface area contributed by atoms with Crippen LogP contribution in [0.25, 0.3) is 0 Å². The van der Waals surface area contributed by atoms with Crippen molar-refractivity contribution in [3.63, 3.8) is 0 Å². The Balaban J connectivity index is 0.000000265. The van der Waals surface area contributed by atoms with Crippen molar-refractivity contribution in [2.24, 2.45) is 0 Å². The first kappa shape index (κ1) is 17.2. The van der Waals surface area contributed by atoms with E-state index in [1.165, 1.54) is 5.56 Å². The summed E-state index contributed by atoms with van der Waals surface area (Å²) in [5.74, 6) is 0. The van der Waals surface area contributed by atoms with Crippen LogP contribution in [0.1, 0.15) is 12.5 Å². The van der Waals surface area contributed by atoms with Gasteiger partial charge in [0.15, 0.2) is 0 Å². The summed E-state index contributed by atoms with van der Waals surface area (Å²) in [7, 11) is -4.67. The van der Waals surface area contributed by atoms with Gasteiger partial charge in [-0.15, -0.1) is 0 Å². The minimum atomic E-state index is -4.67. The van der Waals surface area contributed by atoms with Gasteiger partial charge in [-0.3, -0.25) is 14.1 Å². The van der Waals surface area contributed by atoms with Crippen LogP contribution in [0.15, 0.2) is 60.9 Å². The van der Waals surface area contributed by atoms with Crippen molar-refractivity contribution in [2.75, 3.05) is 0 Å². The van der Waals surface area contributed by atoms with E-state index >= 15 is 0 Å². The van der Waals surface area contributed by atoms with E-state index in [-0.39, 0.29) is 0 Å². The molecular formula is C13H17NO4S. The molecule has 1 aromatic heterocycles. The highest BCUT2D eigenvalue weighted by Crippen LogP contribution is 1.96. The number of nitrogens with zero attached hydrogens (tertiary/aromatic N) is 1. The van der Waals surface area contributed by atoms with Gasteiger partial charge < -0.3 is 0 Å². The molecule has 0 amide bonds. The van der Waals surface area contributed by atoms with Crippen LogP contribution < -0.4 is 0 Å². The molecule has 1 heterocycles. The highest BCUT2D eigenvalue weighted by atomic mass is 32.3. The van der Waals surface area contributed by atoms with E-state index < -0.39 is 10.4 Å². The fourth-order valence-corrected chi connectivity index (χ4v) is 1.03. The van der Waals surface area contributed by atoms with Crippen molar-refractivity contribution in [1.82, 2.24) is 4.98 Å². The largest absolute Gasteiger partial charge is 0.394 e. The monoisotopic (exact) mass is 283 g/mol. The third-order valence-corrected chi connectivity index (χ3v) is 1.82. The van der Waals surface area contributed by atoms with Gasteiger partial charge in [-0.2, -0.15) is 8.42 Å². The summed E-state index contributed by atoms with van der Waals surface area (Å²) in [5.41, 5.74) is 1.41. The van der Waals surface area contributed by atoms with Crippen LogP contribution in [0.2, 0.25) is 0 Å². The lowest BCUT2D eigenvalue weighted by Gasteiger charge is -1.89. The summed E-state index contributed by atoms with van der Waals surface area (Å²) in [6.45, 7) is 2.16. The average molecular weight is 283 g/mol. The Morgan fingerprint density at radius 2 is 1.37 bits per heavy atom. The quantitative estimate of drug-likeness (QED) is 0.786. The van der Waals surface area contributed by atoms with Crippen molar-refractivity contribution in [3.8, 4) is 0 Å². The number of rotatable bonds is 1. The van der Waals surface area contributed by atoms with Gasteiger partial charge in [-0.1, -0.05) is 43.3 Å². The van der Waals surface area contributed by atoms with Gasteiger partial charge >= 0.3 is 10.4 Å². The standard InChI is InChI=1S/C8H10.C5H5N.H2O4S/c1-2-8-6-4-3-5-7-8;1-2-4-6-5-3-1;1-5(2,3)4/h3-7H,2H2,1H3;1-5H;(H2,1,2,3,4). The maximum atomic E-state index is 8.74. The second-order valence-corrected chi connectivity index (χ2v) is 4.21. The average Bonchev–Trinajstić information content (AvgIpc) is 2.40. The summed E-state index contributed by atoms with van der Waals surface area (Å²) in [6.07, 6.45) is 4.64. The smallest absolute Gasteiger partial charge is 0.265 e. The van der Waals surface area contributed by atoms with Crippen molar-refractivity contribution < 1.29 is 17.5 Å². The summed E-state index contributed by atoms with van der Waals surface area (Å²) in [5, 5.41) is 0. The minimum Gasteiger partial charge on any atom is -0.265 e. The van der Waals surface area contributed by atoms with Crippen molar-refractivity contribution in [1.29, 1.82) is 0 Å². The molecule has 0 saturated carbocycles. The SMILES string of the molecule is CCc1ccccc1.O=S(=O)(O)O.c1ccncc1. The molecule has 1 aromatic carbocycles. The maximum Gasteiger partial charge on any atom is 0.394 e. The van der Waals surface area contributed by atoms with E-state index in [1.54, 1.807) is 12.4 Å². The molecule has 5 nitrogen and oxygen atoms in total. The van der Waals surface area contributed by atoms with Crippen molar-refractivity contribution in [2.45, 2.75) is 13.3 Å². The third-order valence-electron chi connectivity index (χ3n) is 1.82. The first-order valence-corrected chi connectivity index (χ1v) is 6.92. The predicted molar refractivity (Wildman–Crippen MR) is 74.2 cm³/mol. The number of hydrogen-bond donors (Lipinski definition) is 2. The molecule has 2 aromatic rings. The van der Waals surface area contributed by atoms with Gasteiger partial charge in [0.2, 0.25) is 0 Å². The van der Waals surface area contributed by atoms with Crippen molar-refractivity contribution >= 4 is 10.4 Å². The van der Waals surface area contributed by atoms with Crippen LogP contribution in [0, 0.1) is 0 Å². The molecule has 0 radical (unpaired) electrons. The summed E-state index contributed by atoms with van der Waals surface area (Å²) in [6, 6.07) is 16.2. The minimum absolute atomic E-state index is 1.14. The lowest BCUT2D eigenvalue weighted by atomic mass is 10.2. The van der Waals surface area contributed by atoms with Gasteiger partial charge in [0, 0.05) is 12.4 Å². The van der Waals surface area contributed by atoms with Crippen LogP contribution in [0.5, 0.6) is 0 Å². The van der Waals surface area contributed by atoms with E-state index in [4.69, 9.17) is 17.5 Å². The Bertz CT molecular complexity index is 480. The number of benzene rings is 1. The zero-order valence-electron chi connectivity index (χ0n) is 10.5. The fourth-order valence-electron chi connectivity index (χ4n) is 1.03. The third kappa shape index (κ3) is 16.2. The Hall–Kier alpha value is -1.76. The molecule has 6 heteroatoms. The first-order valence-electron chi connectivity index (χ1n) is 5.52. The second-order valence-electron chi connectivity index (χ2n) is 3.31. The highest BCUT2D eigenvalue weighted by Gasteiger charge is 1.84. The van der Waals surface area contributed by atoms with Crippen molar-refractivity contribution in [3.05, 3.63) is 66.5 Å². The molecule has 0 atom stereocenters. The van der Waals surface area contributed by atoms with Gasteiger partial charge in [-0.05, 0) is 24.1 Å². The van der Waals surface area contributed by atoms with Gasteiger partial charge in [0.25, 0.3) is 0 Å². The summed E-state index contributed by atoms with van der Waals surface area (Å²) < 4.78 is 31.6. The molecule has 0 saturated heterocycles. The molecule has 104 valence electrons. The van der Waals surface area contributed by atoms with E-state index in [9.17, 15) is 0 Å². The lowest BCUT2D eigenvalue weighted by Crippen LogP contribution is -1.89. The van der Waals surface area contributed by atoms with E-state index in [0.29, 0.717) is 0 Å². The number of hydrogen-bond acceptors (Lipinski definition) is 3. The molecule has 0 aliphatic heterocycles. The molecule has 2 N–H and O–H groups in total. The Morgan fingerprint density at radius 3 is 1.58 bits per heavy atom. The fraction of sp³-hybridized carbons (Fsp3) is 0.154. The first-order chi connectivity index (χ1) is 8.93. The van der Waals surface area contributed by atoms with Gasteiger partial charge in [-0.25, -0.2) is 0 Å². The van der Waals surface area contributed by atoms with Crippen LogP contribution in [-0.4, -0.2) is 22.5 Å². The van der Waals surface area contributed by atoms with Gasteiger partial charge in [0.1, 0.15) is 0 Å². The maximum absolute atomic E-state index is 8.74. The Morgan fingerprint density at radius 1 is 0.947 bits per heavy atom. The molecular weight excluding hydrogens is 266 g/mol. The molecule has 0 spiro atoms. The zero-order valence-corrected chi connectivity index (χ0v) is 11.4. The summed E-state index contributed by atoms with van der Waals surface area (Å²) in [4.78, 5) is 3.78. The topological polar surface area (TPSA) is 87.5 Å². The molecule has 0 aliphatic rings. The molecule has 19 heavy (non-hydrogen) atoms. The number of aromatic nitrogens is 1. The van der Waals surface area contributed by atoms with Crippen LogP contribution in [-0.2, 0) is 16.8 Å². The normalized spacial score (nSPS) is 9.42. The van der Waals surface area contributed by atoms with Crippen LogP contribution in [0.4, 0.5) is 0 Å². The lowest BCUT2D eigenvalue weighted by molar-refractivity contribution is 0.381. The van der Waals surface area contributed by atoms with E-state index in [2.05, 4.69) is 36.2 Å². The van der Waals surface area contributed by atoms with E-state index in [0.717, 1.165) is 6.42 Å². The number of pyridine rings is 1. The molecule has 2 rings (SSSR count). The highest BCUT2D eigenvalue weighted by molar-refractivity contribution is 7.79. The number of aryl methyl sites for hydroxylation is 1. The molecule has 0 aliphatic carbocycles. The molecule has 0 unspecified atom stereocenters. The predicted octanol–water partition coefficient (Wildman–Crippen LogP) is 2.68. The molecule has 0 fully saturated rings. The Labute approximate surface area is 113 Å². The Kier molecular flexibility index (Phi) is 9.25. The van der Waals surface area contributed by atoms with E-state index in [1.807, 2.05) is 24.3 Å². The zero-order chi connectivity index (χ0) is 14.6. The summed E-state index contributed by atoms with van der Waals surface area (Å²) >= 11 is 0. The second kappa shape index (κ2) is 10.2. The van der Waals surface area contributed by atoms with Crippen LogP contribution >= 0.6 is 0 Å². The van der Waals surface area contributed by atoms with Gasteiger partial charge in [0.05, 0.1) is 0 Å². The van der Waals surface area contributed by atoms with Crippen LogP contribution in [0.3, 0.4) is 0 Å².